The van der Waals surface area contributed by atoms with E-state index in [0.717, 1.165) is 32.1 Å². The van der Waals surface area contributed by atoms with Crippen LogP contribution in [0.1, 0.15) is 73.1 Å². The maximum Gasteiger partial charge on any atom is 0.157 e. The van der Waals surface area contributed by atoms with E-state index in [1.807, 2.05) is 0 Å². The summed E-state index contributed by atoms with van der Waals surface area (Å²) in [5, 5.41) is 8.94. The van der Waals surface area contributed by atoms with Crippen LogP contribution < -0.4 is 0 Å². The van der Waals surface area contributed by atoms with Gasteiger partial charge >= 0.3 is 0 Å². The second-order valence-electron chi connectivity index (χ2n) is 8.57. The molecule has 0 heterocycles. The van der Waals surface area contributed by atoms with Crippen LogP contribution in [0.5, 0.6) is 0 Å². The number of halogens is 1. The zero-order chi connectivity index (χ0) is 18.1. The minimum atomic E-state index is -0.398. The Labute approximate surface area is 152 Å². The SMILES string of the molecule is CC(C)=CCC[C@@]1(C)C(Cl)C(=O)[C@]2(CCCO)CC(=C(C)C)C[C@@H]21. The van der Waals surface area contributed by atoms with Gasteiger partial charge in [-0.25, -0.2) is 0 Å². The molecule has 0 spiro atoms. The average Bonchev–Trinajstić information content (AvgIpc) is 2.97. The van der Waals surface area contributed by atoms with Gasteiger partial charge < -0.3 is 5.11 Å². The van der Waals surface area contributed by atoms with Crippen molar-refractivity contribution < 1.29 is 9.90 Å². The van der Waals surface area contributed by atoms with Crippen LogP contribution in [-0.4, -0.2) is 22.9 Å². The van der Waals surface area contributed by atoms with Crippen molar-refractivity contribution in [1.82, 2.24) is 0 Å². The number of aliphatic hydroxyl groups excluding tert-OH is 1. The first-order valence-electron chi connectivity index (χ1n) is 9.27. The lowest BCUT2D eigenvalue weighted by atomic mass is 9.68. The highest BCUT2D eigenvalue weighted by Crippen LogP contribution is 2.66. The van der Waals surface area contributed by atoms with E-state index in [9.17, 15) is 9.90 Å². The Kier molecular flexibility index (Phi) is 6.03. The molecule has 0 aliphatic heterocycles. The molecule has 0 aromatic rings. The molecule has 0 aromatic heterocycles. The summed E-state index contributed by atoms with van der Waals surface area (Å²) in [5.41, 5.74) is 3.59. The maximum absolute atomic E-state index is 13.2. The van der Waals surface area contributed by atoms with Crippen LogP contribution in [0.4, 0.5) is 0 Å². The predicted octanol–water partition coefficient (Wildman–Crippen LogP) is 5.43. The summed E-state index contributed by atoms with van der Waals surface area (Å²) in [6.07, 6.45) is 7.49. The molecule has 2 aliphatic rings. The van der Waals surface area contributed by atoms with Gasteiger partial charge in [0, 0.05) is 12.0 Å². The Bertz CT molecular complexity index is 554. The molecule has 0 bridgehead atoms. The fraction of sp³-hybridized carbons (Fsp3) is 0.762. The summed E-state index contributed by atoms with van der Waals surface area (Å²) in [4.78, 5) is 13.2. The van der Waals surface area contributed by atoms with Gasteiger partial charge in [0.25, 0.3) is 0 Å². The minimum absolute atomic E-state index is 0.146. The van der Waals surface area contributed by atoms with Crippen molar-refractivity contribution in [3.05, 3.63) is 22.8 Å². The number of fused-ring (bicyclic) bond motifs is 1. The van der Waals surface area contributed by atoms with Crippen LogP contribution >= 0.6 is 11.6 Å². The molecule has 24 heavy (non-hydrogen) atoms. The molecule has 0 radical (unpaired) electrons. The van der Waals surface area contributed by atoms with Gasteiger partial charge in [0.2, 0.25) is 0 Å². The molecule has 2 saturated carbocycles. The number of carbonyl (C=O) groups excluding carboxylic acids is 1. The molecule has 2 nitrogen and oxygen atoms in total. The fourth-order valence-corrected chi connectivity index (χ4v) is 5.48. The number of Topliss-reactive ketones (excluding diaryl/α,β-unsaturated/α-hetero) is 1. The third kappa shape index (κ3) is 3.24. The third-order valence-electron chi connectivity index (χ3n) is 6.47. The van der Waals surface area contributed by atoms with Crippen molar-refractivity contribution in [1.29, 1.82) is 0 Å². The normalized spacial score (nSPS) is 35.3. The van der Waals surface area contributed by atoms with Gasteiger partial charge in [-0.2, -0.15) is 0 Å². The number of carbonyl (C=O) groups is 1. The molecule has 2 aliphatic carbocycles. The van der Waals surface area contributed by atoms with Gasteiger partial charge in [-0.3, -0.25) is 4.79 Å². The molecule has 0 saturated heterocycles. The molecule has 0 amide bonds. The highest BCUT2D eigenvalue weighted by atomic mass is 35.5. The molecule has 1 N–H and O–H groups in total. The smallest absolute Gasteiger partial charge is 0.157 e. The number of allylic oxidation sites excluding steroid dienone is 4. The standard InChI is InChI=1S/C21H33ClO2/c1-14(2)8-6-9-20(5)17-12-16(15(3)4)13-21(17,10-7-11-23)19(24)18(20)22/h8,17-18,23H,6-7,9-13H2,1-5H3/t17-,18?,20-,21-/m1/s1. The predicted molar refractivity (Wildman–Crippen MR) is 101 cm³/mol. The molecule has 0 aromatic carbocycles. The van der Waals surface area contributed by atoms with E-state index in [0.29, 0.717) is 12.3 Å². The van der Waals surface area contributed by atoms with Gasteiger partial charge in [-0.15, -0.1) is 11.6 Å². The Balaban J connectivity index is 2.39. The maximum atomic E-state index is 13.2. The Morgan fingerprint density at radius 1 is 1.29 bits per heavy atom. The molecule has 2 rings (SSSR count). The fourth-order valence-electron chi connectivity index (χ4n) is 5.00. The zero-order valence-corrected chi connectivity index (χ0v) is 16.7. The molecule has 4 atom stereocenters. The van der Waals surface area contributed by atoms with E-state index < -0.39 is 5.38 Å². The molecular weight excluding hydrogens is 320 g/mol. The molecule has 3 heteroatoms. The topological polar surface area (TPSA) is 37.3 Å². The van der Waals surface area contributed by atoms with Gasteiger partial charge in [-0.1, -0.05) is 29.7 Å². The average molecular weight is 353 g/mol. The lowest BCUT2D eigenvalue weighted by Gasteiger charge is -2.36. The van der Waals surface area contributed by atoms with E-state index in [2.05, 4.69) is 40.7 Å². The second-order valence-corrected chi connectivity index (χ2v) is 9.01. The number of rotatable bonds is 6. The second kappa shape index (κ2) is 7.33. The largest absolute Gasteiger partial charge is 0.396 e. The first-order chi connectivity index (χ1) is 11.2. The van der Waals surface area contributed by atoms with Crippen molar-refractivity contribution in [3.63, 3.8) is 0 Å². The lowest BCUT2D eigenvalue weighted by molar-refractivity contribution is -0.126. The number of ketones is 1. The Hall–Kier alpha value is -0.600. The van der Waals surface area contributed by atoms with Gasteiger partial charge in [0.1, 0.15) is 0 Å². The van der Waals surface area contributed by atoms with Crippen molar-refractivity contribution in [2.24, 2.45) is 16.7 Å². The highest BCUT2D eigenvalue weighted by Gasteiger charge is 2.66. The van der Waals surface area contributed by atoms with Crippen LogP contribution in [0.2, 0.25) is 0 Å². The summed E-state index contributed by atoms with van der Waals surface area (Å²) < 4.78 is 0. The Morgan fingerprint density at radius 3 is 2.50 bits per heavy atom. The van der Waals surface area contributed by atoms with Crippen molar-refractivity contribution in [2.75, 3.05) is 6.61 Å². The number of hydrogen-bond donors (Lipinski definition) is 1. The van der Waals surface area contributed by atoms with Crippen LogP contribution in [0.15, 0.2) is 22.8 Å². The number of hydrogen-bond acceptors (Lipinski definition) is 2. The summed E-state index contributed by atoms with van der Waals surface area (Å²) in [6.45, 7) is 10.9. The summed E-state index contributed by atoms with van der Waals surface area (Å²) in [6, 6.07) is 0. The number of alkyl halides is 1. The number of aliphatic hydroxyl groups is 1. The summed E-state index contributed by atoms with van der Waals surface area (Å²) >= 11 is 6.73. The van der Waals surface area contributed by atoms with Crippen LogP contribution in [-0.2, 0) is 4.79 Å². The summed E-state index contributed by atoms with van der Waals surface area (Å²) in [5.74, 6) is 0.542. The summed E-state index contributed by atoms with van der Waals surface area (Å²) in [7, 11) is 0. The van der Waals surface area contributed by atoms with Crippen molar-refractivity contribution in [2.45, 2.75) is 78.5 Å². The Morgan fingerprint density at radius 2 is 1.96 bits per heavy atom. The first-order valence-corrected chi connectivity index (χ1v) is 9.70. The molecule has 1 unspecified atom stereocenters. The van der Waals surface area contributed by atoms with Crippen molar-refractivity contribution >= 4 is 17.4 Å². The third-order valence-corrected chi connectivity index (χ3v) is 7.16. The van der Waals surface area contributed by atoms with E-state index in [1.54, 1.807) is 0 Å². The molecular formula is C21H33ClO2. The zero-order valence-electron chi connectivity index (χ0n) is 15.9. The van der Waals surface area contributed by atoms with Crippen molar-refractivity contribution in [3.8, 4) is 0 Å². The molecule has 136 valence electrons. The monoisotopic (exact) mass is 352 g/mol. The minimum Gasteiger partial charge on any atom is -0.396 e. The first kappa shape index (κ1) is 19.7. The molecule has 2 fully saturated rings. The lowest BCUT2D eigenvalue weighted by Crippen LogP contribution is -2.32. The van der Waals surface area contributed by atoms with E-state index in [1.165, 1.54) is 16.7 Å². The van der Waals surface area contributed by atoms with E-state index >= 15 is 0 Å². The quantitative estimate of drug-likeness (QED) is 0.511. The highest BCUT2D eigenvalue weighted by molar-refractivity contribution is 6.33. The van der Waals surface area contributed by atoms with Gasteiger partial charge in [0.15, 0.2) is 5.78 Å². The van der Waals surface area contributed by atoms with Gasteiger partial charge in [0.05, 0.1) is 5.38 Å². The van der Waals surface area contributed by atoms with Gasteiger partial charge in [-0.05, 0) is 77.6 Å². The van der Waals surface area contributed by atoms with E-state index in [-0.39, 0.29) is 23.2 Å². The van der Waals surface area contributed by atoms with Crippen LogP contribution in [0.3, 0.4) is 0 Å². The van der Waals surface area contributed by atoms with Crippen LogP contribution in [0.25, 0.3) is 0 Å². The van der Waals surface area contributed by atoms with E-state index in [4.69, 9.17) is 11.6 Å². The van der Waals surface area contributed by atoms with Crippen LogP contribution in [0, 0.1) is 16.7 Å².